The van der Waals surface area contributed by atoms with Crippen LogP contribution in [-0.4, -0.2) is 61.7 Å². The molecule has 2 aromatic carbocycles. The van der Waals surface area contributed by atoms with Gasteiger partial charge in [-0.1, -0.05) is 13.8 Å². The summed E-state index contributed by atoms with van der Waals surface area (Å²) >= 11 is 0. The lowest BCUT2D eigenvalue weighted by molar-refractivity contribution is 0.0904. The first kappa shape index (κ1) is 28.0. The molecular formula is C27H31F2N5O5S. The van der Waals surface area contributed by atoms with Gasteiger partial charge in [0, 0.05) is 61.2 Å². The third-order valence-electron chi connectivity index (χ3n) is 7.21. The van der Waals surface area contributed by atoms with Gasteiger partial charge in [0.15, 0.2) is 5.82 Å². The minimum absolute atomic E-state index is 0.0354. The van der Waals surface area contributed by atoms with Crippen LogP contribution in [0.3, 0.4) is 0 Å². The summed E-state index contributed by atoms with van der Waals surface area (Å²) in [6.45, 7) is 4.78. The molecule has 13 heteroatoms. The number of aromatic amines is 1. The lowest BCUT2D eigenvalue weighted by Gasteiger charge is -2.36. The number of aromatic nitrogens is 2. The number of hydrogen-bond acceptors (Lipinski definition) is 7. The topological polar surface area (TPSA) is 126 Å². The number of sulfonamides is 1. The maximum atomic E-state index is 13.9. The summed E-state index contributed by atoms with van der Waals surface area (Å²) in [5, 5.41) is 13.5. The molecule has 0 unspecified atom stereocenters. The fraction of sp³-hybridized carbons (Fsp3) is 0.407. The quantitative estimate of drug-likeness (QED) is 0.389. The molecule has 214 valence electrons. The van der Waals surface area contributed by atoms with Crippen molar-refractivity contribution < 1.29 is 31.5 Å². The van der Waals surface area contributed by atoms with Crippen LogP contribution in [0, 0.1) is 11.6 Å². The van der Waals surface area contributed by atoms with E-state index in [-0.39, 0.29) is 24.9 Å². The van der Waals surface area contributed by atoms with Gasteiger partial charge in [-0.05, 0) is 37.1 Å². The molecule has 3 heterocycles. The van der Waals surface area contributed by atoms with Gasteiger partial charge in [0.1, 0.15) is 17.4 Å². The largest absolute Gasteiger partial charge is 0.497 e. The van der Waals surface area contributed by atoms with Gasteiger partial charge in [0.2, 0.25) is 10.0 Å². The van der Waals surface area contributed by atoms with Crippen LogP contribution < -0.4 is 15.4 Å². The zero-order valence-corrected chi connectivity index (χ0v) is 23.2. The van der Waals surface area contributed by atoms with Crippen molar-refractivity contribution in [3.63, 3.8) is 0 Å². The summed E-state index contributed by atoms with van der Waals surface area (Å²) in [6.07, 6.45) is 1.58. The zero-order valence-electron chi connectivity index (χ0n) is 22.4. The van der Waals surface area contributed by atoms with Crippen molar-refractivity contribution in [2.75, 3.05) is 37.5 Å². The summed E-state index contributed by atoms with van der Waals surface area (Å²) in [5.41, 5.74) is 1.34. The molecule has 0 radical (unpaired) electrons. The second kappa shape index (κ2) is 10.8. The number of carbonyl (C=O) groups excluding carboxylic acids is 1. The number of benzene rings is 2. The maximum absolute atomic E-state index is 13.9. The maximum Gasteiger partial charge on any atom is 0.258 e. The summed E-state index contributed by atoms with van der Waals surface area (Å²) in [7, 11) is -2.72. The molecule has 3 aromatic rings. The van der Waals surface area contributed by atoms with Crippen LogP contribution in [-0.2, 0) is 26.7 Å². The van der Waals surface area contributed by atoms with E-state index in [0.29, 0.717) is 47.5 Å². The van der Waals surface area contributed by atoms with Crippen LogP contribution in [0.25, 0.3) is 0 Å². The van der Waals surface area contributed by atoms with Gasteiger partial charge in [0.05, 0.1) is 23.3 Å². The smallest absolute Gasteiger partial charge is 0.258 e. The van der Waals surface area contributed by atoms with Crippen molar-refractivity contribution in [1.29, 1.82) is 0 Å². The highest BCUT2D eigenvalue weighted by molar-refractivity contribution is 7.89. The van der Waals surface area contributed by atoms with E-state index in [4.69, 9.17) is 9.47 Å². The lowest BCUT2D eigenvalue weighted by Crippen LogP contribution is -2.45. The number of fused-ring (bicyclic) bond motifs is 1. The van der Waals surface area contributed by atoms with Crippen molar-refractivity contribution in [3.05, 3.63) is 64.9 Å². The first-order valence-corrected chi connectivity index (χ1v) is 14.3. The number of hydrogen-bond donors (Lipinski definition) is 3. The molecule has 0 spiro atoms. The number of carbonyl (C=O) groups is 1. The van der Waals surface area contributed by atoms with Crippen molar-refractivity contribution in [3.8, 4) is 5.75 Å². The molecule has 0 saturated carbocycles. The van der Waals surface area contributed by atoms with Gasteiger partial charge >= 0.3 is 0 Å². The van der Waals surface area contributed by atoms with Crippen molar-refractivity contribution in [2.45, 2.75) is 49.6 Å². The molecular weight excluding hydrogens is 544 g/mol. The number of ether oxygens (including phenoxy) is 2. The zero-order chi connectivity index (χ0) is 28.7. The molecule has 1 fully saturated rings. The minimum atomic E-state index is -4.26. The van der Waals surface area contributed by atoms with Crippen LogP contribution in [0.5, 0.6) is 5.75 Å². The van der Waals surface area contributed by atoms with Gasteiger partial charge in [-0.2, -0.15) is 9.40 Å². The van der Waals surface area contributed by atoms with Crippen molar-refractivity contribution >= 4 is 27.4 Å². The van der Waals surface area contributed by atoms with Crippen LogP contribution in [0.2, 0.25) is 0 Å². The molecule has 1 amide bonds. The Morgan fingerprint density at radius 3 is 2.52 bits per heavy atom. The van der Waals surface area contributed by atoms with Gasteiger partial charge in [-0.3, -0.25) is 9.89 Å². The Morgan fingerprint density at radius 1 is 1.15 bits per heavy atom. The van der Waals surface area contributed by atoms with E-state index < -0.39 is 37.9 Å². The van der Waals surface area contributed by atoms with Crippen LogP contribution in [0.1, 0.15) is 48.3 Å². The number of anilines is 2. The van der Waals surface area contributed by atoms with E-state index in [9.17, 15) is 22.0 Å². The molecule has 1 aromatic heterocycles. The molecule has 0 bridgehead atoms. The standard InChI is InChI=1S/C27H31F2N5O5S/c1-27(2)15-34(40(36,37)20-11-16(28)10-17(29)12-20)14-22-24(27)32-33-25(22)31-26(35)21-5-4-19(38-3)13-23(21)30-18-6-8-39-9-7-18/h4-5,10-13,18,30H,6-9,14-15H2,1-3H3,(H2,31,32,33,35). The Labute approximate surface area is 231 Å². The predicted molar refractivity (Wildman–Crippen MR) is 144 cm³/mol. The fourth-order valence-corrected chi connectivity index (χ4v) is 6.75. The van der Waals surface area contributed by atoms with E-state index in [2.05, 4.69) is 20.8 Å². The first-order chi connectivity index (χ1) is 19.0. The number of rotatable bonds is 7. The molecule has 3 N–H and O–H groups in total. The second-order valence-corrected chi connectivity index (χ2v) is 12.5. The summed E-state index contributed by atoms with van der Waals surface area (Å²) in [4.78, 5) is 13.0. The minimum Gasteiger partial charge on any atom is -0.497 e. The second-order valence-electron chi connectivity index (χ2n) is 10.6. The van der Waals surface area contributed by atoms with E-state index in [0.717, 1.165) is 29.3 Å². The predicted octanol–water partition coefficient (Wildman–Crippen LogP) is 4.02. The third-order valence-corrected chi connectivity index (χ3v) is 8.98. The highest BCUT2D eigenvalue weighted by Crippen LogP contribution is 2.38. The first-order valence-electron chi connectivity index (χ1n) is 12.9. The Kier molecular flexibility index (Phi) is 7.55. The number of H-pyrrole nitrogens is 1. The Balaban J connectivity index is 1.44. The van der Waals surface area contributed by atoms with Crippen LogP contribution in [0.15, 0.2) is 41.3 Å². The summed E-state index contributed by atoms with van der Waals surface area (Å²) < 4.78 is 66.5. The molecule has 2 aliphatic heterocycles. The highest BCUT2D eigenvalue weighted by atomic mass is 32.2. The van der Waals surface area contributed by atoms with E-state index in [1.165, 1.54) is 0 Å². The third kappa shape index (κ3) is 5.54. The van der Waals surface area contributed by atoms with E-state index in [1.54, 1.807) is 25.3 Å². The SMILES string of the molecule is COc1ccc(C(=O)Nc2n[nH]c3c2CN(S(=O)(=O)c2cc(F)cc(F)c2)CC3(C)C)c(NC2CCOCC2)c1. The Morgan fingerprint density at radius 2 is 1.85 bits per heavy atom. The van der Waals surface area contributed by atoms with Crippen LogP contribution >= 0.6 is 0 Å². The molecule has 0 aliphatic carbocycles. The van der Waals surface area contributed by atoms with E-state index in [1.807, 2.05) is 13.8 Å². The number of methoxy groups -OCH3 is 1. The Hall–Kier alpha value is -3.55. The van der Waals surface area contributed by atoms with E-state index >= 15 is 0 Å². The molecule has 2 aliphatic rings. The van der Waals surface area contributed by atoms with Crippen LogP contribution in [0.4, 0.5) is 20.3 Å². The lowest BCUT2D eigenvalue weighted by atomic mass is 9.84. The van der Waals surface area contributed by atoms with Gasteiger partial charge < -0.3 is 20.1 Å². The number of nitrogens with one attached hydrogen (secondary N) is 3. The highest BCUT2D eigenvalue weighted by Gasteiger charge is 2.41. The average Bonchev–Trinajstić information content (AvgIpc) is 3.32. The molecule has 40 heavy (non-hydrogen) atoms. The normalized spacial score (nSPS) is 17.7. The molecule has 5 rings (SSSR count). The average molecular weight is 576 g/mol. The summed E-state index contributed by atoms with van der Waals surface area (Å²) in [5.74, 6) is -1.67. The van der Waals surface area contributed by atoms with Gasteiger partial charge in [-0.25, -0.2) is 17.2 Å². The Bertz CT molecular complexity index is 1520. The molecule has 0 atom stereocenters. The van der Waals surface area contributed by atoms with Gasteiger partial charge in [-0.15, -0.1) is 0 Å². The van der Waals surface area contributed by atoms with Gasteiger partial charge in [0.25, 0.3) is 5.91 Å². The molecule has 10 nitrogen and oxygen atoms in total. The molecule has 1 saturated heterocycles. The van der Waals surface area contributed by atoms with Crippen molar-refractivity contribution in [2.24, 2.45) is 0 Å². The number of nitrogens with zero attached hydrogens (tertiary/aromatic N) is 2. The number of halogens is 2. The summed E-state index contributed by atoms with van der Waals surface area (Å²) in [6, 6.07) is 7.39. The fourth-order valence-electron chi connectivity index (χ4n) is 5.14. The monoisotopic (exact) mass is 575 g/mol. The number of amides is 1. The van der Waals surface area contributed by atoms with Crippen molar-refractivity contribution in [1.82, 2.24) is 14.5 Å².